The van der Waals surface area contributed by atoms with Crippen LogP contribution in [0.3, 0.4) is 0 Å². The predicted molar refractivity (Wildman–Crippen MR) is 90.3 cm³/mol. The van der Waals surface area contributed by atoms with Crippen molar-refractivity contribution in [2.75, 3.05) is 7.11 Å². The zero-order chi connectivity index (χ0) is 16.7. The normalized spacial score (nSPS) is 13.2. The summed E-state index contributed by atoms with van der Waals surface area (Å²) < 4.78 is 5.10. The van der Waals surface area contributed by atoms with Crippen molar-refractivity contribution >= 4 is 5.91 Å². The van der Waals surface area contributed by atoms with Gasteiger partial charge in [-0.15, -0.1) is 0 Å². The first kappa shape index (κ1) is 17.0. The van der Waals surface area contributed by atoms with Gasteiger partial charge in [0.2, 0.25) is 5.91 Å². The van der Waals surface area contributed by atoms with E-state index in [0.29, 0.717) is 12.8 Å². The third kappa shape index (κ3) is 5.11. The Bertz CT molecular complexity index is 610. The Labute approximate surface area is 137 Å². The Morgan fingerprint density at radius 3 is 2.39 bits per heavy atom. The Balaban J connectivity index is 1.84. The van der Waals surface area contributed by atoms with E-state index in [0.717, 1.165) is 16.9 Å². The maximum absolute atomic E-state index is 12.0. The van der Waals surface area contributed by atoms with E-state index in [1.165, 1.54) is 0 Å². The monoisotopic (exact) mass is 313 g/mol. The molecule has 0 bridgehead atoms. The fourth-order valence-corrected chi connectivity index (χ4v) is 2.40. The van der Waals surface area contributed by atoms with Gasteiger partial charge in [0.25, 0.3) is 0 Å². The summed E-state index contributed by atoms with van der Waals surface area (Å²) in [5, 5.41) is 13.2. The van der Waals surface area contributed by atoms with E-state index < -0.39 is 6.10 Å². The highest BCUT2D eigenvalue weighted by Gasteiger charge is 2.18. The second-order valence-corrected chi connectivity index (χ2v) is 5.56. The minimum absolute atomic E-state index is 0.0612. The van der Waals surface area contributed by atoms with E-state index in [1.54, 1.807) is 38.3 Å². The molecule has 2 N–H and O–H groups in total. The summed E-state index contributed by atoms with van der Waals surface area (Å²) >= 11 is 0. The molecule has 2 atom stereocenters. The van der Waals surface area contributed by atoms with Gasteiger partial charge in [-0.3, -0.25) is 4.79 Å². The van der Waals surface area contributed by atoms with Gasteiger partial charge in [0, 0.05) is 6.42 Å². The van der Waals surface area contributed by atoms with E-state index in [4.69, 9.17) is 4.74 Å². The Morgan fingerprint density at radius 1 is 1.13 bits per heavy atom. The van der Waals surface area contributed by atoms with E-state index in [1.807, 2.05) is 30.3 Å². The summed E-state index contributed by atoms with van der Waals surface area (Å²) in [5.74, 6) is 0.675. The quantitative estimate of drug-likeness (QED) is 0.826. The number of benzene rings is 2. The summed E-state index contributed by atoms with van der Waals surface area (Å²) in [6, 6.07) is 16.7. The molecular formula is C19H23NO3. The third-order valence-corrected chi connectivity index (χ3v) is 3.80. The van der Waals surface area contributed by atoms with Gasteiger partial charge in [-0.25, -0.2) is 0 Å². The SMILES string of the molecule is COc1ccc(C(O)C(C)NC(=O)CCc2ccccc2)cc1. The van der Waals surface area contributed by atoms with Crippen molar-refractivity contribution in [1.82, 2.24) is 5.32 Å². The number of carbonyl (C=O) groups excluding carboxylic acids is 1. The second kappa shape index (κ2) is 8.34. The number of ether oxygens (including phenoxy) is 1. The average molecular weight is 313 g/mol. The summed E-state index contributed by atoms with van der Waals surface area (Å²) in [7, 11) is 1.60. The molecule has 0 aliphatic heterocycles. The van der Waals surface area contributed by atoms with Crippen LogP contribution < -0.4 is 10.1 Å². The van der Waals surface area contributed by atoms with Crippen molar-refractivity contribution in [3.63, 3.8) is 0 Å². The van der Waals surface area contributed by atoms with Crippen LogP contribution in [-0.4, -0.2) is 24.2 Å². The fraction of sp³-hybridized carbons (Fsp3) is 0.316. The van der Waals surface area contributed by atoms with Gasteiger partial charge in [-0.05, 0) is 36.6 Å². The van der Waals surface area contributed by atoms with Crippen LogP contribution >= 0.6 is 0 Å². The maximum Gasteiger partial charge on any atom is 0.220 e. The highest BCUT2D eigenvalue weighted by Crippen LogP contribution is 2.20. The van der Waals surface area contributed by atoms with Crippen LogP contribution in [0.5, 0.6) is 5.75 Å². The first-order valence-corrected chi connectivity index (χ1v) is 7.75. The topological polar surface area (TPSA) is 58.6 Å². The molecule has 4 nitrogen and oxygen atoms in total. The standard InChI is InChI=1S/C19H23NO3/c1-14(19(22)16-9-11-17(23-2)12-10-16)20-18(21)13-8-15-6-4-3-5-7-15/h3-7,9-12,14,19,22H,8,13H2,1-2H3,(H,20,21). The maximum atomic E-state index is 12.0. The Hall–Kier alpha value is -2.33. The molecule has 2 unspecified atom stereocenters. The number of amides is 1. The molecule has 122 valence electrons. The number of nitrogens with one attached hydrogen (secondary N) is 1. The summed E-state index contributed by atoms with van der Waals surface area (Å²) in [6.45, 7) is 1.80. The van der Waals surface area contributed by atoms with Crippen LogP contribution in [0, 0.1) is 0 Å². The van der Waals surface area contributed by atoms with Crippen LogP contribution in [0.25, 0.3) is 0 Å². The van der Waals surface area contributed by atoms with E-state index in [9.17, 15) is 9.90 Å². The molecule has 0 saturated heterocycles. The lowest BCUT2D eigenvalue weighted by atomic mass is 10.0. The van der Waals surface area contributed by atoms with Crippen LogP contribution in [0.1, 0.15) is 30.6 Å². The number of hydrogen-bond acceptors (Lipinski definition) is 3. The molecule has 0 radical (unpaired) electrons. The average Bonchev–Trinajstić information content (AvgIpc) is 2.60. The third-order valence-electron chi connectivity index (χ3n) is 3.80. The Morgan fingerprint density at radius 2 is 1.78 bits per heavy atom. The minimum atomic E-state index is -0.749. The molecular weight excluding hydrogens is 290 g/mol. The van der Waals surface area contributed by atoms with Crippen molar-refractivity contribution in [2.24, 2.45) is 0 Å². The van der Waals surface area contributed by atoms with Gasteiger partial charge in [0.05, 0.1) is 19.3 Å². The number of rotatable bonds is 7. The van der Waals surface area contributed by atoms with Crippen LogP contribution in [0.2, 0.25) is 0 Å². The highest BCUT2D eigenvalue weighted by atomic mass is 16.5. The molecule has 2 aromatic carbocycles. The van der Waals surface area contributed by atoms with Crippen LogP contribution in [0.15, 0.2) is 54.6 Å². The largest absolute Gasteiger partial charge is 0.497 e. The highest BCUT2D eigenvalue weighted by molar-refractivity contribution is 5.76. The van der Waals surface area contributed by atoms with Crippen molar-refractivity contribution in [1.29, 1.82) is 0 Å². The smallest absolute Gasteiger partial charge is 0.220 e. The number of methoxy groups -OCH3 is 1. The van der Waals surface area contributed by atoms with Gasteiger partial charge in [-0.2, -0.15) is 0 Å². The van der Waals surface area contributed by atoms with E-state index in [-0.39, 0.29) is 11.9 Å². The zero-order valence-electron chi connectivity index (χ0n) is 13.5. The first-order valence-electron chi connectivity index (χ1n) is 7.75. The van der Waals surface area contributed by atoms with Crippen molar-refractivity contribution in [3.05, 3.63) is 65.7 Å². The molecule has 0 fully saturated rings. The molecule has 23 heavy (non-hydrogen) atoms. The molecule has 2 aromatic rings. The van der Waals surface area contributed by atoms with Gasteiger partial charge >= 0.3 is 0 Å². The second-order valence-electron chi connectivity index (χ2n) is 5.56. The van der Waals surface area contributed by atoms with Crippen molar-refractivity contribution in [3.8, 4) is 5.75 Å². The minimum Gasteiger partial charge on any atom is -0.497 e. The molecule has 0 heterocycles. The van der Waals surface area contributed by atoms with Gasteiger partial charge in [0.15, 0.2) is 0 Å². The number of carbonyl (C=O) groups is 1. The molecule has 0 aliphatic rings. The molecule has 4 heteroatoms. The number of hydrogen-bond donors (Lipinski definition) is 2. The van der Waals surface area contributed by atoms with Gasteiger partial charge < -0.3 is 15.2 Å². The first-order chi connectivity index (χ1) is 11.1. The van der Waals surface area contributed by atoms with E-state index in [2.05, 4.69) is 5.32 Å². The summed E-state index contributed by atoms with van der Waals surface area (Å²) in [4.78, 5) is 12.0. The lowest BCUT2D eigenvalue weighted by Gasteiger charge is -2.21. The lowest BCUT2D eigenvalue weighted by Crippen LogP contribution is -2.37. The van der Waals surface area contributed by atoms with E-state index >= 15 is 0 Å². The summed E-state index contributed by atoms with van der Waals surface area (Å²) in [6.07, 6.45) is 0.350. The lowest BCUT2D eigenvalue weighted by molar-refractivity contribution is -0.122. The van der Waals surface area contributed by atoms with Crippen molar-refractivity contribution in [2.45, 2.75) is 31.9 Å². The molecule has 2 rings (SSSR count). The number of aliphatic hydroxyl groups is 1. The Kier molecular flexibility index (Phi) is 6.18. The summed E-state index contributed by atoms with van der Waals surface area (Å²) in [5.41, 5.74) is 1.88. The van der Waals surface area contributed by atoms with Crippen molar-refractivity contribution < 1.29 is 14.6 Å². The molecule has 0 saturated carbocycles. The predicted octanol–water partition coefficient (Wildman–Crippen LogP) is 2.87. The molecule has 0 aromatic heterocycles. The fourth-order valence-electron chi connectivity index (χ4n) is 2.40. The van der Waals surface area contributed by atoms with Gasteiger partial charge in [-0.1, -0.05) is 42.5 Å². The number of aryl methyl sites for hydroxylation is 1. The molecule has 0 aliphatic carbocycles. The zero-order valence-corrected chi connectivity index (χ0v) is 13.5. The number of aliphatic hydroxyl groups excluding tert-OH is 1. The van der Waals surface area contributed by atoms with Gasteiger partial charge in [0.1, 0.15) is 5.75 Å². The molecule has 0 spiro atoms. The van der Waals surface area contributed by atoms with Crippen LogP contribution in [0.4, 0.5) is 0 Å². The molecule has 1 amide bonds. The van der Waals surface area contributed by atoms with Crippen LogP contribution in [-0.2, 0) is 11.2 Å².